The summed E-state index contributed by atoms with van der Waals surface area (Å²) < 4.78 is 25.9. The van der Waals surface area contributed by atoms with Crippen molar-refractivity contribution in [1.82, 2.24) is 4.72 Å². The van der Waals surface area contributed by atoms with Gasteiger partial charge in [0, 0.05) is 6.04 Å². The number of aryl methyl sites for hydroxylation is 1. The fourth-order valence-corrected chi connectivity index (χ4v) is 3.81. The molecule has 0 unspecified atom stereocenters. The van der Waals surface area contributed by atoms with Gasteiger partial charge in [-0.2, -0.15) is 0 Å². The molecule has 2 N–H and O–H groups in total. The lowest BCUT2D eigenvalue weighted by Gasteiger charge is -2.06. The predicted octanol–water partition coefficient (Wildman–Crippen LogP) is 1.44. The van der Waals surface area contributed by atoms with Gasteiger partial charge in [0.1, 0.15) is 9.09 Å². The minimum absolute atomic E-state index is 0.0381. The number of nitrogens with one attached hydrogen (secondary N) is 1. The molecule has 5 nitrogen and oxygen atoms in total. The van der Waals surface area contributed by atoms with Crippen LogP contribution in [0.3, 0.4) is 0 Å². The zero-order valence-corrected chi connectivity index (χ0v) is 10.8. The van der Waals surface area contributed by atoms with Gasteiger partial charge in [-0.05, 0) is 32.4 Å². The molecule has 0 aliphatic carbocycles. The lowest BCUT2D eigenvalue weighted by atomic mass is 10.3. The highest BCUT2D eigenvalue weighted by molar-refractivity contribution is 7.91. The molecule has 0 spiro atoms. The highest BCUT2D eigenvalue weighted by Gasteiger charge is 2.22. The Kier molecular flexibility index (Phi) is 3.72. The van der Waals surface area contributed by atoms with E-state index in [-0.39, 0.29) is 15.1 Å². The third kappa shape index (κ3) is 2.81. The van der Waals surface area contributed by atoms with E-state index in [9.17, 15) is 13.2 Å². The van der Waals surface area contributed by atoms with Crippen molar-refractivity contribution in [1.29, 1.82) is 0 Å². The first-order valence-corrected chi connectivity index (χ1v) is 6.90. The SMILES string of the molecule is Cc1cc(S(=O)(=O)NC(C)C)sc1C(=O)O. The first kappa shape index (κ1) is 13.1. The number of carboxylic acids is 1. The van der Waals surface area contributed by atoms with E-state index < -0.39 is 16.0 Å². The zero-order valence-electron chi connectivity index (χ0n) is 9.14. The Morgan fingerprint density at radius 2 is 2.06 bits per heavy atom. The number of carbonyl (C=O) groups is 1. The van der Waals surface area contributed by atoms with Gasteiger partial charge in [-0.1, -0.05) is 0 Å². The summed E-state index contributed by atoms with van der Waals surface area (Å²) in [6.45, 7) is 4.99. The highest BCUT2D eigenvalue weighted by atomic mass is 32.2. The number of thiophene rings is 1. The second kappa shape index (κ2) is 4.52. The van der Waals surface area contributed by atoms with E-state index in [0.29, 0.717) is 5.56 Å². The second-order valence-corrected chi connectivity index (χ2v) is 6.65. The van der Waals surface area contributed by atoms with Crippen molar-refractivity contribution in [3.8, 4) is 0 Å². The largest absolute Gasteiger partial charge is 0.477 e. The molecule has 1 rings (SSSR count). The van der Waals surface area contributed by atoms with Crippen molar-refractivity contribution in [3.05, 3.63) is 16.5 Å². The number of rotatable bonds is 4. The lowest BCUT2D eigenvalue weighted by Crippen LogP contribution is -2.29. The molecule has 0 radical (unpaired) electrons. The molecule has 1 aromatic heterocycles. The van der Waals surface area contributed by atoms with Gasteiger partial charge in [-0.15, -0.1) is 11.3 Å². The maximum Gasteiger partial charge on any atom is 0.346 e. The monoisotopic (exact) mass is 263 g/mol. The molecule has 0 atom stereocenters. The third-order valence-corrected chi connectivity index (χ3v) is 5.10. The summed E-state index contributed by atoms with van der Waals surface area (Å²) in [7, 11) is -3.59. The van der Waals surface area contributed by atoms with Crippen molar-refractivity contribution in [2.24, 2.45) is 0 Å². The van der Waals surface area contributed by atoms with E-state index in [1.165, 1.54) is 6.07 Å². The molecule has 90 valence electrons. The fraction of sp³-hybridized carbons (Fsp3) is 0.444. The number of carboxylic acid groups (broad SMARTS) is 1. The Bertz CT molecular complexity index is 502. The van der Waals surface area contributed by atoms with Gasteiger partial charge in [0.2, 0.25) is 10.0 Å². The van der Waals surface area contributed by atoms with Crippen molar-refractivity contribution in [2.75, 3.05) is 0 Å². The van der Waals surface area contributed by atoms with Gasteiger partial charge < -0.3 is 5.11 Å². The zero-order chi connectivity index (χ0) is 12.5. The van der Waals surface area contributed by atoms with Crippen LogP contribution in [-0.4, -0.2) is 25.5 Å². The maximum atomic E-state index is 11.7. The standard InChI is InChI=1S/C9H13NO4S2/c1-5(2)10-16(13,14)7-4-6(3)8(15-7)9(11)12/h4-5,10H,1-3H3,(H,11,12). The van der Waals surface area contributed by atoms with E-state index in [2.05, 4.69) is 4.72 Å². The molecule has 16 heavy (non-hydrogen) atoms. The Labute approximate surface area is 98.2 Å². The van der Waals surface area contributed by atoms with Gasteiger partial charge in [0.15, 0.2) is 0 Å². The summed E-state index contributed by atoms with van der Waals surface area (Å²) >= 11 is 0.767. The van der Waals surface area contributed by atoms with Gasteiger partial charge in [0.05, 0.1) is 0 Å². The van der Waals surface area contributed by atoms with Gasteiger partial charge in [-0.3, -0.25) is 0 Å². The minimum atomic E-state index is -3.59. The summed E-state index contributed by atoms with van der Waals surface area (Å²) in [6, 6.07) is 1.15. The lowest BCUT2D eigenvalue weighted by molar-refractivity contribution is 0.0701. The summed E-state index contributed by atoms with van der Waals surface area (Å²) in [4.78, 5) is 10.8. The molecule has 1 heterocycles. The molecule has 1 aromatic rings. The van der Waals surface area contributed by atoms with E-state index in [1.54, 1.807) is 20.8 Å². The van der Waals surface area contributed by atoms with Crippen LogP contribution >= 0.6 is 11.3 Å². The van der Waals surface area contributed by atoms with Crippen LogP contribution in [0.2, 0.25) is 0 Å². The minimum Gasteiger partial charge on any atom is -0.477 e. The van der Waals surface area contributed by atoms with E-state index in [4.69, 9.17) is 5.11 Å². The average Bonchev–Trinajstić information content (AvgIpc) is 2.45. The molecular weight excluding hydrogens is 250 g/mol. The normalized spacial score (nSPS) is 12.0. The van der Waals surface area contributed by atoms with Crippen LogP contribution in [0.25, 0.3) is 0 Å². The molecule has 0 aliphatic rings. The van der Waals surface area contributed by atoms with Crippen LogP contribution in [0, 0.1) is 6.92 Å². The first-order valence-electron chi connectivity index (χ1n) is 4.60. The van der Waals surface area contributed by atoms with Gasteiger partial charge >= 0.3 is 5.97 Å². The van der Waals surface area contributed by atoms with Crippen LogP contribution in [0.5, 0.6) is 0 Å². The average molecular weight is 263 g/mol. The Hall–Kier alpha value is -0.920. The first-order chi connectivity index (χ1) is 7.24. The fourth-order valence-electron chi connectivity index (χ4n) is 1.17. The molecule has 0 saturated carbocycles. The molecule has 0 aliphatic heterocycles. The molecule has 0 fully saturated rings. The predicted molar refractivity (Wildman–Crippen MR) is 61.5 cm³/mol. The van der Waals surface area contributed by atoms with Crippen LogP contribution < -0.4 is 4.72 Å². The summed E-state index contributed by atoms with van der Waals surface area (Å²) in [5, 5.41) is 8.82. The number of hydrogen-bond donors (Lipinski definition) is 2. The van der Waals surface area contributed by atoms with Crippen LogP contribution in [0.4, 0.5) is 0 Å². The molecule has 0 saturated heterocycles. The number of sulfonamides is 1. The molecule has 0 bridgehead atoms. The molecule has 0 amide bonds. The summed E-state index contributed by atoms with van der Waals surface area (Å²) in [5.74, 6) is -1.10. The van der Waals surface area contributed by atoms with Gasteiger partial charge in [0.25, 0.3) is 0 Å². The Morgan fingerprint density at radius 1 is 1.50 bits per heavy atom. The highest BCUT2D eigenvalue weighted by Crippen LogP contribution is 2.25. The van der Waals surface area contributed by atoms with Gasteiger partial charge in [-0.25, -0.2) is 17.9 Å². The van der Waals surface area contributed by atoms with Crippen LogP contribution in [0.15, 0.2) is 10.3 Å². The molecule has 0 aromatic carbocycles. The second-order valence-electron chi connectivity index (χ2n) is 3.66. The maximum absolute atomic E-state index is 11.7. The molecule has 7 heteroatoms. The van der Waals surface area contributed by atoms with Crippen LogP contribution in [-0.2, 0) is 10.0 Å². The van der Waals surface area contributed by atoms with Crippen molar-refractivity contribution >= 4 is 27.3 Å². The Balaban J connectivity index is 3.15. The van der Waals surface area contributed by atoms with Crippen molar-refractivity contribution in [3.63, 3.8) is 0 Å². The quantitative estimate of drug-likeness (QED) is 0.861. The third-order valence-electron chi connectivity index (χ3n) is 1.75. The number of hydrogen-bond acceptors (Lipinski definition) is 4. The number of aromatic carboxylic acids is 1. The topological polar surface area (TPSA) is 83.5 Å². The summed E-state index contributed by atoms with van der Waals surface area (Å²) in [6.07, 6.45) is 0. The Morgan fingerprint density at radius 3 is 2.44 bits per heavy atom. The van der Waals surface area contributed by atoms with E-state index in [0.717, 1.165) is 11.3 Å². The summed E-state index contributed by atoms with van der Waals surface area (Å²) in [5.41, 5.74) is 0.460. The van der Waals surface area contributed by atoms with E-state index >= 15 is 0 Å². The molecular formula is C9H13NO4S2. The smallest absolute Gasteiger partial charge is 0.346 e. The van der Waals surface area contributed by atoms with Crippen molar-refractivity contribution < 1.29 is 18.3 Å². The van der Waals surface area contributed by atoms with Crippen LogP contribution in [0.1, 0.15) is 29.1 Å². The van der Waals surface area contributed by atoms with Crippen molar-refractivity contribution in [2.45, 2.75) is 31.0 Å². The van der Waals surface area contributed by atoms with E-state index in [1.807, 2.05) is 0 Å².